The van der Waals surface area contributed by atoms with Crippen LogP contribution in [0.4, 0.5) is 0 Å². The maximum Gasteiger partial charge on any atom is 0.278 e. The largest absolute Gasteiger partial charge is 0.466 e. The molecule has 1 heterocycles. The van der Waals surface area contributed by atoms with E-state index in [9.17, 15) is 4.79 Å². The van der Waals surface area contributed by atoms with Crippen LogP contribution in [0.3, 0.4) is 0 Å². The second-order valence-electron chi connectivity index (χ2n) is 7.37. The minimum Gasteiger partial charge on any atom is -0.466 e. The van der Waals surface area contributed by atoms with Gasteiger partial charge in [-0.2, -0.15) is 5.10 Å². The van der Waals surface area contributed by atoms with Crippen LogP contribution in [0, 0.1) is 6.92 Å². The average molecular weight is 514 g/mol. The van der Waals surface area contributed by atoms with Gasteiger partial charge in [0.15, 0.2) is 6.61 Å². The zero-order valence-corrected chi connectivity index (χ0v) is 20.2. The minimum atomic E-state index is -0.467. The number of aromatic nitrogens is 2. The summed E-state index contributed by atoms with van der Waals surface area (Å²) in [5, 5.41) is 12.7. The number of nitrogens with zero attached hydrogens (tertiary/aromatic N) is 2. The fraction of sp³-hybridized carbons (Fsp3) is 0.0800. The number of aromatic amines is 1. The number of hydrogen-bond acceptors (Lipinski definition) is 4. The average Bonchev–Trinajstić information content (AvgIpc) is 3.24. The predicted molar refractivity (Wildman–Crippen MR) is 137 cm³/mol. The van der Waals surface area contributed by atoms with Crippen molar-refractivity contribution in [3.8, 4) is 28.3 Å². The molecular formula is C25H19Cl3N4O2. The third-order valence-electron chi connectivity index (χ3n) is 4.93. The Kier molecular flexibility index (Phi) is 7.53. The summed E-state index contributed by atoms with van der Waals surface area (Å²) in [4.78, 5) is 12.3. The molecule has 0 spiro atoms. The van der Waals surface area contributed by atoms with Crippen LogP contribution in [0.25, 0.3) is 22.4 Å². The number of hydrogen-bond donors (Lipinski definition) is 2. The van der Waals surface area contributed by atoms with Crippen LogP contribution in [-0.4, -0.2) is 28.9 Å². The molecule has 0 fully saturated rings. The van der Waals surface area contributed by atoms with Crippen molar-refractivity contribution in [3.63, 3.8) is 0 Å². The second kappa shape index (κ2) is 10.7. The van der Waals surface area contributed by atoms with Crippen LogP contribution in [0.15, 0.2) is 71.8 Å². The molecule has 0 atom stereocenters. The van der Waals surface area contributed by atoms with Gasteiger partial charge in [0, 0.05) is 16.1 Å². The van der Waals surface area contributed by atoms with E-state index >= 15 is 0 Å². The predicted octanol–water partition coefficient (Wildman–Crippen LogP) is 6.54. The zero-order chi connectivity index (χ0) is 24.1. The van der Waals surface area contributed by atoms with Crippen LogP contribution >= 0.6 is 34.8 Å². The lowest BCUT2D eigenvalue weighted by molar-refractivity contribution is -0.123. The van der Waals surface area contributed by atoms with Crippen LogP contribution in [0.2, 0.25) is 15.1 Å². The lowest BCUT2D eigenvalue weighted by atomic mass is 10.0. The zero-order valence-electron chi connectivity index (χ0n) is 18.0. The Morgan fingerprint density at radius 3 is 2.32 bits per heavy atom. The van der Waals surface area contributed by atoms with Gasteiger partial charge in [-0.05, 0) is 36.8 Å². The Hall–Kier alpha value is -3.32. The highest BCUT2D eigenvalue weighted by atomic mass is 35.5. The van der Waals surface area contributed by atoms with Gasteiger partial charge in [0.1, 0.15) is 0 Å². The quantitative estimate of drug-likeness (QED) is 0.217. The van der Waals surface area contributed by atoms with E-state index < -0.39 is 5.91 Å². The molecule has 6 nitrogen and oxygen atoms in total. The molecule has 34 heavy (non-hydrogen) atoms. The number of hydrazone groups is 1. The summed E-state index contributed by atoms with van der Waals surface area (Å²) in [7, 11) is 0. The Labute approximate surface area is 211 Å². The fourth-order valence-corrected chi connectivity index (χ4v) is 3.83. The number of carbonyl (C=O) groups excluding carboxylic acids is 1. The van der Waals surface area contributed by atoms with Crippen LogP contribution in [-0.2, 0) is 4.79 Å². The van der Waals surface area contributed by atoms with E-state index in [1.165, 1.54) is 6.21 Å². The van der Waals surface area contributed by atoms with Crippen molar-refractivity contribution in [2.45, 2.75) is 6.92 Å². The van der Waals surface area contributed by atoms with Crippen LogP contribution < -0.4 is 10.2 Å². The van der Waals surface area contributed by atoms with Crippen LogP contribution in [0.5, 0.6) is 5.88 Å². The molecule has 0 aliphatic carbocycles. The number of rotatable bonds is 7. The first-order valence-electron chi connectivity index (χ1n) is 10.2. The normalized spacial score (nSPS) is 11.1. The lowest BCUT2D eigenvalue weighted by Gasteiger charge is -2.08. The molecule has 3 aromatic carbocycles. The van der Waals surface area contributed by atoms with Crippen molar-refractivity contribution in [1.29, 1.82) is 0 Å². The standard InChI is InChI=1S/C25H19Cl3N4O2/c1-15-5-7-16(8-6-15)23-24(17-9-11-18(26)12-10-17)31-32-25(23)34-14-22(33)30-29-13-19-20(27)3-2-4-21(19)28/h2-13H,14H2,1H3,(H,30,33)(H,31,32)/b29-13+. The lowest BCUT2D eigenvalue weighted by Crippen LogP contribution is -2.24. The molecule has 172 valence electrons. The number of carbonyl (C=O) groups is 1. The first-order valence-corrected chi connectivity index (χ1v) is 11.4. The highest BCUT2D eigenvalue weighted by molar-refractivity contribution is 6.38. The second-order valence-corrected chi connectivity index (χ2v) is 8.62. The highest BCUT2D eigenvalue weighted by Crippen LogP contribution is 2.37. The van der Waals surface area contributed by atoms with Crippen molar-refractivity contribution >= 4 is 46.9 Å². The van der Waals surface area contributed by atoms with Gasteiger partial charge < -0.3 is 4.74 Å². The third-order valence-corrected chi connectivity index (χ3v) is 5.84. The van der Waals surface area contributed by atoms with E-state index in [0.717, 1.165) is 27.9 Å². The Morgan fingerprint density at radius 1 is 1.00 bits per heavy atom. The molecule has 0 unspecified atom stereocenters. The van der Waals surface area contributed by atoms with Gasteiger partial charge in [-0.3, -0.25) is 9.89 Å². The first kappa shape index (κ1) is 23.8. The third kappa shape index (κ3) is 5.59. The number of H-pyrrole nitrogens is 1. The molecule has 4 rings (SSSR count). The molecule has 1 amide bonds. The number of amides is 1. The maximum absolute atomic E-state index is 12.3. The van der Waals surface area contributed by atoms with E-state index in [1.54, 1.807) is 30.3 Å². The summed E-state index contributed by atoms with van der Waals surface area (Å²) in [5.74, 6) is -0.174. The molecule has 0 bridgehead atoms. The van der Waals surface area contributed by atoms with E-state index in [0.29, 0.717) is 26.5 Å². The smallest absolute Gasteiger partial charge is 0.278 e. The highest BCUT2D eigenvalue weighted by Gasteiger charge is 2.19. The summed E-state index contributed by atoms with van der Waals surface area (Å²) >= 11 is 18.2. The fourth-order valence-electron chi connectivity index (χ4n) is 3.21. The molecule has 9 heteroatoms. The number of benzene rings is 3. The Balaban J connectivity index is 1.52. The molecule has 0 saturated carbocycles. The van der Waals surface area contributed by atoms with Crippen molar-refractivity contribution in [2.75, 3.05) is 6.61 Å². The summed E-state index contributed by atoms with van der Waals surface area (Å²) in [6.07, 6.45) is 1.38. The Morgan fingerprint density at radius 2 is 1.65 bits per heavy atom. The van der Waals surface area contributed by atoms with E-state index in [4.69, 9.17) is 39.5 Å². The van der Waals surface area contributed by atoms with Crippen molar-refractivity contribution in [1.82, 2.24) is 15.6 Å². The molecule has 2 N–H and O–H groups in total. The Bertz CT molecular complexity index is 1310. The van der Waals surface area contributed by atoms with Crippen molar-refractivity contribution < 1.29 is 9.53 Å². The monoisotopic (exact) mass is 512 g/mol. The molecule has 0 aliphatic heterocycles. The van der Waals surface area contributed by atoms with Gasteiger partial charge in [-0.1, -0.05) is 82.8 Å². The molecular weight excluding hydrogens is 495 g/mol. The molecule has 0 aliphatic rings. The van der Waals surface area contributed by atoms with Crippen molar-refractivity contribution in [3.05, 3.63) is 92.9 Å². The number of aryl methyl sites for hydroxylation is 1. The van der Waals surface area contributed by atoms with Crippen molar-refractivity contribution in [2.24, 2.45) is 5.10 Å². The maximum atomic E-state index is 12.3. The molecule has 4 aromatic rings. The summed E-state index contributed by atoms with van der Waals surface area (Å²) < 4.78 is 5.75. The summed E-state index contributed by atoms with van der Waals surface area (Å²) in [5.41, 5.74) is 7.30. The summed E-state index contributed by atoms with van der Waals surface area (Å²) in [6, 6.07) is 20.4. The van der Waals surface area contributed by atoms with E-state index in [1.807, 2.05) is 43.3 Å². The number of nitrogens with one attached hydrogen (secondary N) is 2. The van der Waals surface area contributed by atoms with Gasteiger partial charge in [-0.15, -0.1) is 5.10 Å². The number of ether oxygens (including phenoxy) is 1. The van der Waals surface area contributed by atoms with Gasteiger partial charge in [0.05, 0.1) is 27.5 Å². The van der Waals surface area contributed by atoms with E-state index in [2.05, 4.69) is 20.7 Å². The molecule has 0 saturated heterocycles. The van der Waals surface area contributed by atoms with Crippen LogP contribution in [0.1, 0.15) is 11.1 Å². The number of halogens is 3. The SMILES string of the molecule is Cc1ccc(-c2c(OCC(=O)N/N=C/c3c(Cl)cccc3Cl)n[nH]c2-c2ccc(Cl)cc2)cc1. The van der Waals surface area contributed by atoms with Gasteiger partial charge in [0.2, 0.25) is 5.88 Å². The van der Waals surface area contributed by atoms with Gasteiger partial charge in [-0.25, -0.2) is 5.43 Å². The first-order chi connectivity index (χ1) is 16.4. The minimum absolute atomic E-state index is 0.294. The molecule has 1 aromatic heterocycles. The summed E-state index contributed by atoms with van der Waals surface area (Å²) in [6.45, 7) is 1.72. The van der Waals surface area contributed by atoms with Gasteiger partial charge >= 0.3 is 0 Å². The van der Waals surface area contributed by atoms with Gasteiger partial charge in [0.25, 0.3) is 5.91 Å². The van der Waals surface area contributed by atoms with E-state index in [-0.39, 0.29) is 6.61 Å². The molecule has 0 radical (unpaired) electrons. The topological polar surface area (TPSA) is 79.4 Å².